The maximum atomic E-state index is 12.2. The van der Waals surface area contributed by atoms with Gasteiger partial charge in [0, 0.05) is 18.1 Å². The number of esters is 1. The molecule has 0 bridgehead atoms. The molecule has 2 rings (SSSR count). The Morgan fingerprint density at radius 3 is 2.42 bits per heavy atom. The molecule has 1 saturated heterocycles. The van der Waals surface area contributed by atoms with Crippen LogP contribution in [0.1, 0.15) is 20.3 Å². The second-order valence-corrected chi connectivity index (χ2v) is 9.37. The van der Waals surface area contributed by atoms with Crippen molar-refractivity contribution in [2.75, 3.05) is 25.2 Å². The van der Waals surface area contributed by atoms with Crippen LogP contribution in [0.2, 0.25) is 5.02 Å². The second kappa shape index (κ2) is 7.84. The number of hydrogen-bond donors (Lipinski definition) is 0. The Balaban J connectivity index is 1.88. The van der Waals surface area contributed by atoms with Gasteiger partial charge in [-0.1, -0.05) is 11.6 Å². The van der Waals surface area contributed by atoms with Gasteiger partial charge in [0.1, 0.15) is 5.75 Å². The molecule has 7 nitrogen and oxygen atoms in total. The van der Waals surface area contributed by atoms with E-state index >= 15 is 0 Å². The number of halogens is 1. The Labute approximate surface area is 158 Å². The average Bonchev–Trinajstić information content (AvgIpc) is 2.93. The molecule has 1 atom stereocenters. The summed E-state index contributed by atoms with van der Waals surface area (Å²) in [6, 6.07) is 6.12. The van der Waals surface area contributed by atoms with Crippen molar-refractivity contribution in [2.24, 2.45) is 0 Å². The molecule has 9 heteroatoms. The van der Waals surface area contributed by atoms with Crippen LogP contribution in [0.4, 0.5) is 0 Å². The van der Waals surface area contributed by atoms with E-state index < -0.39 is 33.9 Å². The largest absolute Gasteiger partial charge is 0.476 e. The third-order valence-electron chi connectivity index (χ3n) is 4.15. The summed E-state index contributed by atoms with van der Waals surface area (Å²) in [6.45, 7) is 2.59. The maximum absolute atomic E-state index is 12.2. The van der Waals surface area contributed by atoms with E-state index in [0.717, 1.165) is 0 Å². The minimum Gasteiger partial charge on any atom is -0.476 e. The molecule has 1 amide bonds. The minimum absolute atomic E-state index is 0.0612. The Hall–Kier alpha value is -1.80. The molecule has 0 aliphatic carbocycles. The molecule has 1 aromatic carbocycles. The summed E-state index contributed by atoms with van der Waals surface area (Å²) in [7, 11) is -1.59. The highest BCUT2D eigenvalue weighted by atomic mass is 35.5. The Morgan fingerprint density at radius 1 is 1.27 bits per heavy atom. The highest BCUT2D eigenvalue weighted by molar-refractivity contribution is 7.91. The number of ether oxygens (including phenoxy) is 2. The summed E-state index contributed by atoms with van der Waals surface area (Å²) < 4.78 is 33.7. The van der Waals surface area contributed by atoms with Crippen LogP contribution < -0.4 is 4.74 Å². The van der Waals surface area contributed by atoms with E-state index in [4.69, 9.17) is 21.1 Å². The number of hydrogen-bond acceptors (Lipinski definition) is 6. The fourth-order valence-electron chi connectivity index (χ4n) is 2.53. The first kappa shape index (κ1) is 20.5. The fourth-order valence-corrected chi connectivity index (χ4v) is 4.43. The number of likely N-dealkylation sites (N-methyl/N-ethyl adjacent to an activating group) is 1. The van der Waals surface area contributed by atoms with Gasteiger partial charge in [-0.3, -0.25) is 4.79 Å². The van der Waals surface area contributed by atoms with Crippen molar-refractivity contribution in [2.45, 2.75) is 31.9 Å². The molecule has 26 heavy (non-hydrogen) atoms. The van der Waals surface area contributed by atoms with Crippen LogP contribution in [0.5, 0.6) is 5.75 Å². The normalized spacial score (nSPS) is 19.0. The van der Waals surface area contributed by atoms with E-state index in [9.17, 15) is 18.0 Å². The lowest BCUT2D eigenvalue weighted by Gasteiger charge is -2.26. The standard InChI is InChI=1S/C17H22ClNO6S/c1-17(2,25-14-6-4-12(18)5-7-14)16(21)24-10-15(20)19(3)13-8-9-26(22,23)11-13/h4-7,13H,8-11H2,1-3H3/t13-/m0/s1. The predicted molar refractivity (Wildman–Crippen MR) is 96.9 cm³/mol. The smallest absolute Gasteiger partial charge is 0.350 e. The highest BCUT2D eigenvalue weighted by Gasteiger charge is 2.35. The lowest BCUT2D eigenvalue weighted by Crippen LogP contribution is -2.44. The molecule has 1 fully saturated rings. The number of rotatable bonds is 6. The van der Waals surface area contributed by atoms with Crippen LogP contribution in [-0.2, 0) is 24.2 Å². The summed E-state index contributed by atoms with van der Waals surface area (Å²) in [4.78, 5) is 25.7. The molecule has 0 radical (unpaired) electrons. The molecule has 0 spiro atoms. The first-order valence-corrected chi connectivity index (χ1v) is 10.3. The van der Waals surface area contributed by atoms with Gasteiger partial charge < -0.3 is 14.4 Å². The molecular formula is C17H22ClNO6S. The van der Waals surface area contributed by atoms with Crippen LogP contribution in [0.15, 0.2) is 24.3 Å². The summed E-state index contributed by atoms with van der Waals surface area (Å²) in [5.74, 6) is -0.710. The molecule has 144 valence electrons. The molecule has 1 heterocycles. The number of amides is 1. The van der Waals surface area contributed by atoms with E-state index in [2.05, 4.69) is 0 Å². The van der Waals surface area contributed by atoms with E-state index in [1.54, 1.807) is 24.3 Å². The lowest BCUT2D eigenvalue weighted by atomic mass is 10.1. The average molecular weight is 404 g/mol. The Bertz CT molecular complexity index is 775. The van der Waals surface area contributed by atoms with Crippen molar-refractivity contribution in [3.63, 3.8) is 0 Å². The maximum Gasteiger partial charge on any atom is 0.350 e. The van der Waals surface area contributed by atoms with E-state index in [1.807, 2.05) is 0 Å². The van der Waals surface area contributed by atoms with Gasteiger partial charge in [-0.25, -0.2) is 13.2 Å². The second-order valence-electron chi connectivity index (χ2n) is 6.70. The van der Waals surface area contributed by atoms with Crippen LogP contribution in [0.3, 0.4) is 0 Å². The molecule has 1 aliphatic heterocycles. The van der Waals surface area contributed by atoms with Gasteiger partial charge in [0.15, 0.2) is 22.0 Å². The zero-order chi connectivity index (χ0) is 19.5. The topological polar surface area (TPSA) is 90.0 Å². The molecule has 0 saturated carbocycles. The zero-order valence-corrected chi connectivity index (χ0v) is 16.5. The Kier molecular flexibility index (Phi) is 6.18. The quantitative estimate of drug-likeness (QED) is 0.671. The van der Waals surface area contributed by atoms with Crippen molar-refractivity contribution in [1.82, 2.24) is 4.90 Å². The summed E-state index contributed by atoms with van der Waals surface area (Å²) in [5, 5.41) is 0.542. The van der Waals surface area contributed by atoms with Gasteiger partial charge in [0.25, 0.3) is 5.91 Å². The van der Waals surface area contributed by atoms with Crippen molar-refractivity contribution in [3.05, 3.63) is 29.3 Å². The summed E-state index contributed by atoms with van der Waals surface area (Å²) in [5.41, 5.74) is -1.30. The van der Waals surface area contributed by atoms with Gasteiger partial charge in [0.2, 0.25) is 0 Å². The van der Waals surface area contributed by atoms with Crippen molar-refractivity contribution in [1.29, 1.82) is 0 Å². The van der Waals surface area contributed by atoms with E-state index in [1.165, 1.54) is 25.8 Å². The van der Waals surface area contributed by atoms with Gasteiger partial charge in [-0.2, -0.15) is 0 Å². The van der Waals surface area contributed by atoms with Gasteiger partial charge in [-0.15, -0.1) is 0 Å². The minimum atomic E-state index is -3.10. The van der Waals surface area contributed by atoms with Gasteiger partial charge in [0.05, 0.1) is 11.5 Å². The Morgan fingerprint density at radius 2 is 1.88 bits per heavy atom. The fraction of sp³-hybridized carbons (Fsp3) is 0.529. The number of carbonyl (C=O) groups excluding carboxylic acids is 2. The van der Waals surface area contributed by atoms with Gasteiger partial charge in [-0.05, 0) is 44.5 Å². The molecule has 1 aliphatic rings. The first-order valence-electron chi connectivity index (χ1n) is 8.08. The number of benzene rings is 1. The van der Waals surface area contributed by atoms with Crippen LogP contribution >= 0.6 is 11.6 Å². The molecule has 0 aromatic heterocycles. The SMILES string of the molecule is CN(C(=O)COC(=O)C(C)(C)Oc1ccc(Cl)cc1)[C@H]1CCS(=O)(=O)C1. The molecule has 0 unspecified atom stereocenters. The number of nitrogens with zero attached hydrogens (tertiary/aromatic N) is 1. The first-order chi connectivity index (χ1) is 12.0. The molecule has 1 aromatic rings. The summed E-state index contributed by atoms with van der Waals surface area (Å²) >= 11 is 5.80. The third-order valence-corrected chi connectivity index (χ3v) is 6.16. The molecule has 0 N–H and O–H groups in total. The predicted octanol–water partition coefficient (Wildman–Crippen LogP) is 1.69. The van der Waals surface area contributed by atoms with Gasteiger partial charge >= 0.3 is 5.97 Å². The monoisotopic (exact) mass is 403 g/mol. The van der Waals surface area contributed by atoms with Crippen LogP contribution in [-0.4, -0.2) is 62.0 Å². The lowest BCUT2D eigenvalue weighted by molar-refractivity contribution is -0.164. The van der Waals surface area contributed by atoms with E-state index in [-0.39, 0.29) is 17.5 Å². The highest BCUT2D eigenvalue weighted by Crippen LogP contribution is 2.22. The summed E-state index contributed by atoms with van der Waals surface area (Å²) in [6.07, 6.45) is 0.393. The molecular weight excluding hydrogens is 382 g/mol. The van der Waals surface area contributed by atoms with Crippen molar-refractivity contribution in [3.8, 4) is 5.75 Å². The zero-order valence-electron chi connectivity index (χ0n) is 14.9. The van der Waals surface area contributed by atoms with E-state index in [0.29, 0.717) is 17.2 Å². The van der Waals surface area contributed by atoms with Crippen molar-refractivity contribution >= 4 is 33.3 Å². The third kappa shape index (κ3) is 5.35. The van der Waals surface area contributed by atoms with Crippen molar-refractivity contribution < 1.29 is 27.5 Å². The number of carbonyl (C=O) groups is 2. The van der Waals surface area contributed by atoms with Crippen LogP contribution in [0.25, 0.3) is 0 Å². The van der Waals surface area contributed by atoms with Crippen LogP contribution in [0, 0.1) is 0 Å². The number of sulfone groups is 1.